The van der Waals surface area contributed by atoms with Gasteiger partial charge in [0.15, 0.2) is 0 Å². The summed E-state index contributed by atoms with van der Waals surface area (Å²) in [6, 6.07) is 9.50. The molecule has 2 aromatic carbocycles. The van der Waals surface area contributed by atoms with E-state index in [9.17, 15) is 9.59 Å². The third-order valence-electron chi connectivity index (χ3n) is 2.82. The highest BCUT2D eigenvalue weighted by Crippen LogP contribution is 2.25. The van der Waals surface area contributed by atoms with Gasteiger partial charge in [0.05, 0.1) is 10.7 Å². The van der Waals surface area contributed by atoms with E-state index in [4.69, 9.17) is 34.8 Å². The summed E-state index contributed by atoms with van der Waals surface area (Å²) in [5.74, 6) is -1.67. The molecule has 0 saturated carbocycles. The monoisotopic (exact) mass is 356 g/mol. The predicted octanol–water partition coefficient (Wildman–Crippen LogP) is 4.53. The number of benzene rings is 2. The number of hydrogen-bond donors (Lipinski definition) is 2. The minimum atomic E-state index is -0.846. The van der Waals surface area contributed by atoms with Crippen molar-refractivity contribution >= 4 is 58.0 Å². The number of aryl methyl sites for hydroxylation is 1. The van der Waals surface area contributed by atoms with E-state index in [0.717, 1.165) is 5.56 Å². The molecule has 0 bridgehead atoms. The number of amides is 2. The lowest BCUT2D eigenvalue weighted by Gasteiger charge is -2.09. The standard InChI is InChI=1S/C15H11Cl3N2O2/c1-8-2-4-10(7-11(8)17)19-14(21)15(22)20-13-5-3-9(16)6-12(13)18/h2-7H,1H3,(H,19,21)(H,20,22). The maximum absolute atomic E-state index is 11.9. The highest BCUT2D eigenvalue weighted by Gasteiger charge is 2.15. The smallest absolute Gasteiger partial charge is 0.314 e. The van der Waals surface area contributed by atoms with Gasteiger partial charge >= 0.3 is 11.8 Å². The molecule has 0 aliphatic rings. The van der Waals surface area contributed by atoms with Crippen LogP contribution in [0.4, 0.5) is 11.4 Å². The molecule has 0 unspecified atom stereocenters. The van der Waals surface area contributed by atoms with Crippen LogP contribution in [0.1, 0.15) is 5.56 Å². The normalized spacial score (nSPS) is 10.2. The molecule has 2 amide bonds. The Morgan fingerprint density at radius 2 is 1.55 bits per heavy atom. The van der Waals surface area contributed by atoms with Crippen molar-refractivity contribution in [3.05, 3.63) is 57.0 Å². The SMILES string of the molecule is Cc1ccc(NC(=O)C(=O)Nc2ccc(Cl)cc2Cl)cc1Cl. The average Bonchev–Trinajstić information content (AvgIpc) is 2.45. The Morgan fingerprint density at radius 1 is 0.864 bits per heavy atom. The molecule has 0 heterocycles. The molecule has 2 N–H and O–H groups in total. The fourth-order valence-electron chi connectivity index (χ4n) is 1.63. The Balaban J connectivity index is 2.05. The fraction of sp³-hybridized carbons (Fsp3) is 0.0667. The molecule has 2 rings (SSSR count). The Kier molecular flexibility index (Phi) is 5.29. The van der Waals surface area contributed by atoms with Crippen molar-refractivity contribution in [2.75, 3.05) is 10.6 Å². The maximum Gasteiger partial charge on any atom is 0.314 e. The van der Waals surface area contributed by atoms with E-state index in [0.29, 0.717) is 21.4 Å². The second-order valence-electron chi connectivity index (χ2n) is 4.50. The topological polar surface area (TPSA) is 58.2 Å². The van der Waals surface area contributed by atoms with Gasteiger partial charge in [0.1, 0.15) is 0 Å². The number of carbonyl (C=O) groups is 2. The number of nitrogens with one attached hydrogen (secondary N) is 2. The molecule has 0 aromatic heterocycles. The first-order valence-electron chi connectivity index (χ1n) is 6.20. The Hall–Kier alpha value is -1.75. The van der Waals surface area contributed by atoms with Gasteiger partial charge in [-0.25, -0.2) is 0 Å². The zero-order valence-corrected chi connectivity index (χ0v) is 13.7. The molecular weight excluding hydrogens is 347 g/mol. The molecular formula is C15H11Cl3N2O2. The first-order valence-corrected chi connectivity index (χ1v) is 7.34. The van der Waals surface area contributed by atoms with Crippen LogP contribution in [0, 0.1) is 6.92 Å². The molecule has 0 spiro atoms. The highest BCUT2D eigenvalue weighted by atomic mass is 35.5. The third-order valence-corrected chi connectivity index (χ3v) is 3.77. The van der Waals surface area contributed by atoms with Crippen molar-refractivity contribution in [2.45, 2.75) is 6.92 Å². The van der Waals surface area contributed by atoms with E-state index >= 15 is 0 Å². The van der Waals surface area contributed by atoms with Crippen LogP contribution < -0.4 is 10.6 Å². The van der Waals surface area contributed by atoms with Crippen LogP contribution in [0.3, 0.4) is 0 Å². The molecule has 7 heteroatoms. The molecule has 22 heavy (non-hydrogen) atoms. The van der Waals surface area contributed by atoms with Crippen molar-refractivity contribution in [1.29, 1.82) is 0 Å². The van der Waals surface area contributed by atoms with Crippen LogP contribution in [0.25, 0.3) is 0 Å². The minimum absolute atomic E-state index is 0.243. The lowest BCUT2D eigenvalue weighted by atomic mass is 10.2. The van der Waals surface area contributed by atoms with Crippen molar-refractivity contribution in [3.63, 3.8) is 0 Å². The summed E-state index contributed by atoms with van der Waals surface area (Å²) >= 11 is 17.7. The van der Waals surface area contributed by atoms with Crippen molar-refractivity contribution < 1.29 is 9.59 Å². The molecule has 114 valence electrons. The fourth-order valence-corrected chi connectivity index (χ4v) is 2.26. The largest absolute Gasteiger partial charge is 0.318 e. The van der Waals surface area contributed by atoms with E-state index in [1.807, 2.05) is 6.92 Å². The average molecular weight is 358 g/mol. The van der Waals surface area contributed by atoms with Gasteiger partial charge in [0.25, 0.3) is 0 Å². The second kappa shape index (κ2) is 7.01. The minimum Gasteiger partial charge on any atom is -0.318 e. The van der Waals surface area contributed by atoms with Gasteiger partial charge in [-0.3, -0.25) is 9.59 Å². The highest BCUT2D eigenvalue weighted by molar-refractivity contribution is 6.45. The lowest BCUT2D eigenvalue weighted by Crippen LogP contribution is -2.29. The summed E-state index contributed by atoms with van der Waals surface area (Å²) in [4.78, 5) is 23.7. The molecule has 0 fully saturated rings. The van der Waals surface area contributed by atoms with E-state index in [1.54, 1.807) is 24.3 Å². The van der Waals surface area contributed by atoms with Gasteiger partial charge in [-0.15, -0.1) is 0 Å². The van der Waals surface area contributed by atoms with Gasteiger partial charge in [-0.05, 0) is 42.8 Å². The number of halogens is 3. The van der Waals surface area contributed by atoms with Crippen LogP contribution in [-0.2, 0) is 9.59 Å². The van der Waals surface area contributed by atoms with Crippen LogP contribution in [0.2, 0.25) is 15.1 Å². The van der Waals surface area contributed by atoms with Gasteiger partial charge in [-0.2, -0.15) is 0 Å². The van der Waals surface area contributed by atoms with Gasteiger partial charge < -0.3 is 10.6 Å². The van der Waals surface area contributed by atoms with Gasteiger partial charge in [-0.1, -0.05) is 40.9 Å². The maximum atomic E-state index is 11.9. The lowest BCUT2D eigenvalue weighted by molar-refractivity contribution is -0.132. The predicted molar refractivity (Wildman–Crippen MR) is 89.9 cm³/mol. The number of anilines is 2. The Bertz CT molecular complexity index is 748. The number of rotatable bonds is 2. The molecule has 0 aliphatic heterocycles. The van der Waals surface area contributed by atoms with Crippen LogP contribution in [-0.4, -0.2) is 11.8 Å². The molecule has 0 atom stereocenters. The zero-order valence-electron chi connectivity index (χ0n) is 11.4. The van der Waals surface area contributed by atoms with Crippen molar-refractivity contribution in [2.24, 2.45) is 0 Å². The molecule has 2 aromatic rings. The van der Waals surface area contributed by atoms with E-state index < -0.39 is 11.8 Å². The summed E-state index contributed by atoms with van der Waals surface area (Å²) in [6.45, 7) is 1.84. The summed E-state index contributed by atoms with van der Waals surface area (Å²) in [5, 5.41) is 6.04. The first-order chi connectivity index (χ1) is 10.4. The van der Waals surface area contributed by atoms with Crippen molar-refractivity contribution in [3.8, 4) is 0 Å². The summed E-state index contributed by atoms with van der Waals surface area (Å²) < 4.78 is 0. The number of hydrogen-bond acceptors (Lipinski definition) is 2. The van der Waals surface area contributed by atoms with Gasteiger partial charge in [0.2, 0.25) is 0 Å². The molecule has 4 nitrogen and oxygen atoms in total. The Morgan fingerprint density at radius 3 is 2.18 bits per heavy atom. The van der Waals surface area contributed by atoms with E-state index in [1.165, 1.54) is 12.1 Å². The van der Waals surface area contributed by atoms with E-state index in [2.05, 4.69) is 10.6 Å². The molecule has 0 saturated heterocycles. The third kappa shape index (κ3) is 4.13. The van der Waals surface area contributed by atoms with E-state index in [-0.39, 0.29) is 5.02 Å². The van der Waals surface area contributed by atoms with Crippen LogP contribution in [0.15, 0.2) is 36.4 Å². The first kappa shape index (κ1) is 16.6. The van der Waals surface area contributed by atoms with Crippen LogP contribution >= 0.6 is 34.8 Å². The molecule has 0 radical (unpaired) electrons. The molecule has 0 aliphatic carbocycles. The summed E-state index contributed by atoms with van der Waals surface area (Å²) in [6.07, 6.45) is 0. The zero-order chi connectivity index (χ0) is 16.3. The Labute approximate surface area is 142 Å². The van der Waals surface area contributed by atoms with Gasteiger partial charge in [0, 0.05) is 15.7 Å². The van der Waals surface area contributed by atoms with Crippen molar-refractivity contribution in [1.82, 2.24) is 0 Å². The summed E-state index contributed by atoms with van der Waals surface area (Å²) in [5.41, 5.74) is 1.60. The quantitative estimate of drug-likeness (QED) is 0.776. The number of carbonyl (C=O) groups excluding carboxylic acids is 2. The van der Waals surface area contributed by atoms with Crippen LogP contribution in [0.5, 0.6) is 0 Å². The second-order valence-corrected chi connectivity index (χ2v) is 5.75. The summed E-state index contributed by atoms with van der Waals surface area (Å²) in [7, 11) is 0.